The van der Waals surface area contributed by atoms with Gasteiger partial charge in [-0.2, -0.15) is 0 Å². The smallest absolute Gasteiger partial charge is 0.243 e. The van der Waals surface area contributed by atoms with Crippen LogP contribution in [-0.2, 0) is 10.0 Å². The Balaban J connectivity index is 2.27. The van der Waals surface area contributed by atoms with Gasteiger partial charge in [0.2, 0.25) is 10.0 Å². The van der Waals surface area contributed by atoms with Crippen molar-refractivity contribution in [3.05, 3.63) is 29.8 Å². The number of benzene rings is 1. The van der Waals surface area contributed by atoms with Gasteiger partial charge in [-0.15, -0.1) is 0 Å². The lowest BCUT2D eigenvalue weighted by atomic mass is 10.0. The molecule has 0 aliphatic heterocycles. The summed E-state index contributed by atoms with van der Waals surface area (Å²) in [6, 6.07) is 1.59. The van der Waals surface area contributed by atoms with Crippen LogP contribution < -0.4 is 10.5 Å². The maximum atomic E-state index is 13.6. The molecule has 1 saturated carbocycles. The van der Waals surface area contributed by atoms with Gasteiger partial charge in [0.15, 0.2) is 0 Å². The summed E-state index contributed by atoms with van der Waals surface area (Å²) in [5.41, 5.74) is 5.51. The Labute approximate surface area is 120 Å². The van der Waals surface area contributed by atoms with E-state index in [9.17, 15) is 17.2 Å². The summed E-state index contributed by atoms with van der Waals surface area (Å²) in [5, 5.41) is 11.6. The first-order chi connectivity index (χ1) is 9.85. The lowest BCUT2D eigenvalue weighted by Gasteiger charge is -2.20. The fraction of sp³-hybridized carbons (Fsp3) is 0.417. The van der Waals surface area contributed by atoms with Gasteiger partial charge >= 0.3 is 0 Å². The third-order valence-electron chi connectivity index (χ3n) is 3.50. The Morgan fingerprint density at radius 2 is 2.10 bits per heavy atom. The minimum atomic E-state index is -4.23. The van der Waals surface area contributed by atoms with Gasteiger partial charge in [0, 0.05) is 12.0 Å². The summed E-state index contributed by atoms with van der Waals surface area (Å²) in [5.74, 6) is -2.44. The molecule has 1 aliphatic carbocycles. The van der Waals surface area contributed by atoms with E-state index in [1.54, 1.807) is 0 Å². The van der Waals surface area contributed by atoms with E-state index in [0.717, 1.165) is 12.1 Å². The van der Waals surface area contributed by atoms with E-state index in [4.69, 9.17) is 10.9 Å². The van der Waals surface area contributed by atoms with Crippen LogP contribution in [0.2, 0.25) is 0 Å². The predicted octanol–water partition coefficient (Wildman–Crippen LogP) is 1.16. The first-order valence-electron chi connectivity index (χ1n) is 6.30. The summed E-state index contributed by atoms with van der Waals surface area (Å²) in [4.78, 5) is -0.757. The molecule has 1 fully saturated rings. The van der Waals surface area contributed by atoms with Crippen molar-refractivity contribution >= 4 is 15.9 Å². The second kappa shape index (κ2) is 5.94. The molecule has 0 radical (unpaired) electrons. The molecule has 0 spiro atoms. The first-order valence-corrected chi connectivity index (χ1v) is 7.78. The van der Waals surface area contributed by atoms with E-state index in [0.29, 0.717) is 25.3 Å². The van der Waals surface area contributed by atoms with Crippen molar-refractivity contribution < 1.29 is 22.4 Å². The molecule has 4 N–H and O–H groups in total. The molecule has 2 rings (SSSR count). The minimum Gasteiger partial charge on any atom is -0.409 e. The number of nitrogens with zero attached hydrogens (tertiary/aromatic N) is 1. The Morgan fingerprint density at radius 3 is 2.76 bits per heavy atom. The molecule has 0 amide bonds. The lowest BCUT2D eigenvalue weighted by molar-refractivity contribution is 0.312. The number of halogens is 2. The summed E-state index contributed by atoms with van der Waals surface area (Å²) in [6.07, 6.45) is 1.70. The second-order valence-electron chi connectivity index (χ2n) is 4.86. The quantitative estimate of drug-likeness (QED) is 0.335. The summed E-state index contributed by atoms with van der Waals surface area (Å²) < 4.78 is 53.3. The highest BCUT2D eigenvalue weighted by Gasteiger charge is 2.34. The van der Waals surface area contributed by atoms with Crippen LogP contribution in [0.4, 0.5) is 8.78 Å². The number of hydrogen-bond acceptors (Lipinski definition) is 4. The second-order valence-corrected chi connectivity index (χ2v) is 6.55. The standard InChI is InChI=1S/C12H15F2N3O3S/c13-7-4-5-9(14)11(6-7)21(19,20)17-10-3-1-2-8(10)12(15)16-18/h4-6,8,10,17-18H,1-3H2,(H2,15,16). The predicted molar refractivity (Wildman–Crippen MR) is 71.2 cm³/mol. The first kappa shape index (κ1) is 15.6. The SMILES string of the molecule is NC(=NO)C1CCCC1NS(=O)(=O)c1cc(F)ccc1F. The van der Waals surface area contributed by atoms with Crippen molar-refractivity contribution in [3.8, 4) is 0 Å². The van der Waals surface area contributed by atoms with E-state index < -0.39 is 38.5 Å². The molecule has 0 saturated heterocycles. The van der Waals surface area contributed by atoms with Crippen molar-refractivity contribution in [1.82, 2.24) is 4.72 Å². The number of nitrogens with two attached hydrogens (primary N) is 1. The van der Waals surface area contributed by atoms with Gasteiger partial charge in [-0.3, -0.25) is 0 Å². The van der Waals surface area contributed by atoms with Crippen molar-refractivity contribution in [2.45, 2.75) is 30.2 Å². The molecule has 1 aliphatic rings. The maximum Gasteiger partial charge on any atom is 0.243 e. The van der Waals surface area contributed by atoms with E-state index >= 15 is 0 Å². The van der Waals surface area contributed by atoms with Gasteiger partial charge in [0.1, 0.15) is 22.4 Å². The molecule has 2 unspecified atom stereocenters. The summed E-state index contributed by atoms with van der Waals surface area (Å²) >= 11 is 0. The summed E-state index contributed by atoms with van der Waals surface area (Å²) in [6.45, 7) is 0. The molecule has 116 valence electrons. The average Bonchev–Trinajstić information content (AvgIpc) is 2.87. The van der Waals surface area contributed by atoms with E-state index in [1.807, 2.05) is 0 Å². The highest BCUT2D eigenvalue weighted by atomic mass is 32.2. The molecule has 0 heterocycles. The molecular formula is C12H15F2N3O3S. The van der Waals surface area contributed by atoms with Crippen LogP contribution in [0.15, 0.2) is 28.3 Å². The molecule has 1 aromatic carbocycles. The van der Waals surface area contributed by atoms with Crippen LogP contribution in [0.3, 0.4) is 0 Å². The normalized spacial score (nSPS) is 23.4. The van der Waals surface area contributed by atoms with Crippen molar-refractivity contribution in [1.29, 1.82) is 0 Å². The fourth-order valence-electron chi connectivity index (χ4n) is 2.48. The van der Waals surface area contributed by atoms with Crippen LogP contribution in [0.25, 0.3) is 0 Å². The zero-order chi connectivity index (χ0) is 15.6. The van der Waals surface area contributed by atoms with Gasteiger partial charge in [0.05, 0.1) is 0 Å². The maximum absolute atomic E-state index is 13.6. The van der Waals surface area contributed by atoms with Gasteiger partial charge in [-0.05, 0) is 31.0 Å². The molecule has 9 heteroatoms. The number of oxime groups is 1. The fourth-order valence-corrected chi connectivity index (χ4v) is 3.88. The minimum absolute atomic E-state index is 0.0834. The molecule has 6 nitrogen and oxygen atoms in total. The molecule has 0 aromatic heterocycles. The monoisotopic (exact) mass is 319 g/mol. The third-order valence-corrected chi connectivity index (χ3v) is 5.01. The highest BCUT2D eigenvalue weighted by Crippen LogP contribution is 2.28. The molecule has 1 aromatic rings. The van der Waals surface area contributed by atoms with E-state index in [-0.39, 0.29) is 5.84 Å². The van der Waals surface area contributed by atoms with E-state index in [2.05, 4.69) is 9.88 Å². The van der Waals surface area contributed by atoms with Gasteiger partial charge in [0.25, 0.3) is 0 Å². The lowest BCUT2D eigenvalue weighted by Crippen LogP contribution is -2.42. The average molecular weight is 319 g/mol. The topological polar surface area (TPSA) is 105 Å². The Hall–Kier alpha value is -1.74. The van der Waals surface area contributed by atoms with Gasteiger partial charge < -0.3 is 10.9 Å². The molecule has 21 heavy (non-hydrogen) atoms. The zero-order valence-electron chi connectivity index (χ0n) is 11.0. The zero-order valence-corrected chi connectivity index (χ0v) is 11.8. The van der Waals surface area contributed by atoms with Crippen LogP contribution in [0, 0.1) is 17.6 Å². The van der Waals surface area contributed by atoms with Crippen LogP contribution >= 0.6 is 0 Å². The third kappa shape index (κ3) is 3.30. The molecule has 0 bridgehead atoms. The molecule has 2 atom stereocenters. The molecular weight excluding hydrogens is 304 g/mol. The largest absolute Gasteiger partial charge is 0.409 e. The number of amidine groups is 1. The van der Waals surface area contributed by atoms with Crippen LogP contribution in [-0.4, -0.2) is 25.5 Å². The van der Waals surface area contributed by atoms with Crippen LogP contribution in [0.5, 0.6) is 0 Å². The van der Waals surface area contributed by atoms with Crippen LogP contribution in [0.1, 0.15) is 19.3 Å². The Morgan fingerprint density at radius 1 is 1.38 bits per heavy atom. The Kier molecular flexibility index (Phi) is 4.43. The van der Waals surface area contributed by atoms with Crippen molar-refractivity contribution in [2.75, 3.05) is 0 Å². The van der Waals surface area contributed by atoms with Gasteiger partial charge in [-0.25, -0.2) is 21.9 Å². The number of hydrogen-bond donors (Lipinski definition) is 3. The van der Waals surface area contributed by atoms with Gasteiger partial charge in [-0.1, -0.05) is 11.6 Å². The Bertz CT molecular complexity index is 664. The van der Waals surface area contributed by atoms with Crippen molar-refractivity contribution in [2.24, 2.45) is 16.8 Å². The summed E-state index contributed by atoms with van der Waals surface area (Å²) in [7, 11) is -4.23. The highest BCUT2D eigenvalue weighted by molar-refractivity contribution is 7.89. The van der Waals surface area contributed by atoms with E-state index in [1.165, 1.54) is 0 Å². The van der Waals surface area contributed by atoms with Crippen molar-refractivity contribution in [3.63, 3.8) is 0 Å². The number of rotatable bonds is 4. The number of sulfonamides is 1. The number of nitrogens with one attached hydrogen (secondary N) is 1.